The maximum Gasteiger partial charge on any atom is 0.115 e. The fourth-order valence-corrected chi connectivity index (χ4v) is 3.20. The number of hydrogen-bond acceptors (Lipinski definition) is 2. The monoisotopic (exact) mass is 205 g/mol. The third kappa shape index (κ3) is 1.21. The summed E-state index contributed by atoms with van der Waals surface area (Å²) in [7, 11) is 0. The van der Waals surface area contributed by atoms with Crippen molar-refractivity contribution in [1.82, 2.24) is 5.32 Å². The Kier molecular flexibility index (Phi) is 1.82. The van der Waals surface area contributed by atoms with E-state index in [1.807, 2.05) is 6.26 Å². The van der Waals surface area contributed by atoms with Crippen LogP contribution in [0.25, 0.3) is 0 Å². The van der Waals surface area contributed by atoms with Gasteiger partial charge in [-0.25, -0.2) is 0 Å². The maximum atomic E-state index is 5.72. The zero-order chi connectivity index (χ0) is 10.5. The molecule has 1 aromatic heterocycles. The maximum absolute atomic E-state index is 5.72. The second-order valence-corrected chi connectivity index (χ2v) is 5.69. The molecule has 1 aliphatic heterocycles. The van der Waals surface area contributed by atoms with Crippen LogP contribution < -0.4 is 5.32 Å². The van der Waals surface area contributed by atoms with E-state index in [9.17, 15) is 0 Å². The van der Waals surface area contributed by atoms with Gasteiger partial charge >= 0.3 is 0 Å². The number of nitrogens with one attached hydrogen (secondary N) is 1. The molecule has 15 heavy (non-hydrogen) atoms. The molecule has 2 heteroatoms. The van der Waals surface area contributed by atoms with Crippen molar-refractivity contribution in [3.63, 3.8) is 0 Å². The lowest BCUT2D eigenvalue weighted by Gasteiger charge is -2.41. The van der Waals surface area contributed by atoms with Crippen molar-refractivity contribution in [2.45, 2.75) is 50.5 Å². The molecule has 2 heterocycles. The van der Waals surface area contributed by atoms with Crippen molar-refractivity contribution in [2.24, 2.45) is 0 Å². The Bertz CT molecular complexity index is 372. The predicted molar refractivity (Wildman–Crippen MR) is 59.9 cm³/mol. The van der Waals surface area contributed by atoms with Gasteiger partial charge in [-0.3, -0.25) is 0 Å². The van der Waals surface area contributed by atoms with E-state index in [0.29, 0.717) is 0 Å². The number of furan rings is 1. The first-order valence-electron chi connectivity index (χ1n) is 5.98. The Hall–Kier alpha value is -0.760. The molecule has 0 atom stereocenters. The first-order valence-corrected chi connectivity index (χ1v) is 5.98. The zero-order valence-electron chi connectivity index (χ0n) is 9.60. The lowest BCUT2D eigenvalue weighted by atomic mass is 9.75. The molecule has 82 valence electrons. The summed E-state index contributed by atoms with van der Waals surface area (Å²) in [5.41, 5.74) is 1.82. The van der Waals surface area contributed by atoms with E-state index < -0.39 is 0 Å². The van der Waals surface area contributed by atoms with Gasteiger partial charge in [0.25, 0.3) is 0 Å². The molecule has 1 saturated carbocycles. The highest BCUT2D eigenvalue weighted by Gasteiger charge is 2.45. The molecule has 3 rings (SSSR count). The van der Waals surface area contributed by atoms with Crippen molar-refractivity contribution < 1.29 is 4.42 Å². The molecule has 0 radical (unpaired) electrons. The van der Waals surface area contributed by atoms with Crippen LogP contribution in [-0.4, -0.2) is 6.54 Å². The number of fused-ring (bicyclic) bond motifs is 2. The Morgan fingerprint density at radius 3 is 2.73 bits per heavy atom. The van der Waals surface area contributed by atoms with Crippen molar-refractivity contribution in [2.75, 3.05) is 6.54 Å². The van der Waals surface area contributed by atoms with E-state index in [0.717, 1.165) is 6.54 Å². The van der Waals surface area contributed by atoms with Gasteiger partial charge in [-0.15, -0.1) is 0 Å². The Morgan fingerprint density at radius 1 is 1.27 bits per heavy atom. The first-order chi connectivity index (χ1) is 7.14. The van der Waals surface area contributed by atoms with Gasteiger partial charge in [-0.1, -0.05) is 26.7 Å². The average molecular weight is 205 g/mol. The number of hydrogen-bond donors (Lipinski definition) is 1. The average Bonchev–Trinajstić information content (AvgIpc) is 2.83. The van der Waals surface area contributed by atoms with Gasteiger partial charge in [0.2, 0.25) is 0 Å². The molecule has 1 fully saturated rings. The summed E-state index contributed by atoms with van der Waals surface area (Å²) in [6.07, 6.45) is 7.10. The van der Waals surface area contributed by atoms with E-state index in [-0.39, 0.29) is 11.0 Å². The largest absolute Gasteiger partial charge is 0.468 e. The van der Waals surface area contributed by atoms with E-state index in [2.05, 4.69) is 25.2 Å². The normalized spacial score (nSPS) is 26.8. The molecule has 1 aromatic rings. The lowest BCUT2D eigenvalue weighted by molar-refractivity contribution is 0.237. The lowest BCUT2D eigenvalue weighted by Crippen LogP contribution is -2.51. The molecule has 1 aliphatic carbocycles. The van der Waals surface area contributed by atoms with Gasteiger partial charge in [-0.2, -0.15) is 0 Å². The van der Waals surface area contributed by atoms with Crippen molar-refractivity contribution in [1.29, 1.82) is 0 Å². The summed E-state index contributed by atoms with van der Waals surface area (Å²) in [5.74, 6) is 1.21. The van der Waals surface area contributed by atoms with Gasteiger partial charge in [-0.05, 0) is 18.9 Å². The van der Waals surface area contributed by atoms with Crippen LogP contribution in [-0.2, 0) is 11.0 Å². The van der Waals surface area contributed by atoms with Crippen LogP contribution in [0.3, 0.4) is 0 Å². The second kappa shape index (κ2) is 2.88. The standard InChI is InChI=1S/C13H19NO/c1-12(2)9-14-13(6-3-4-7-13)10-5-8-15-11(10)12/h5,8,14H,3-4,6-7,9H2,1-2H3. The van der Waals surface area contributed by atoms with Gasteiger partial charge in [0.15, 0.2) is 0 Å². The molecule has 2 nitrogen and oxygen atoms in total. The van der Waals surface area contributed by atoms with Crippen LogP contribution in [0.4, 0.5) is 0 Å². The van der Waals surface area contributed by atoms with Crippen molar-refractivity contribution in [3.8, 4) is 0 Å². The highest BCUT2D eigenvalue weighted by molar-refractivity contribution is 5.36. The van der Waals surface area contributed by atoms with E-state index >= 15 is 0 Å². The molecule has 2 aliphatic rings. The molecule has 1 spiro atoms. The Balaban J connectivity index is 2.11. The summed E-state index contributed by atoms with van der Waals surface area (Å²) in [6, 6.07) is 2.18. The van der Waals surface area contributed by atoms with Gasteiger partial charge in [0, 0.05) is 23.1 Å². The molecule has 0 aromatic carbocycles. The van der Waals surface area contributed by atoms with Crippen LogP contribution in [0.15, 0.2) is 16.7 Å². The fraction of sp³-hybridized carbons (Fsp3) is 0.692. The summed E-state index contributed by atoms with van der Waals surface area (Å²) in [5, 5.41) is 3.77. The van der Waals surface area contributed by atoms with Crippen LogP contribution in [0.1, 0.15) is 50.9 Å². The first kappa shape index (κ1) is 9.46. The van der Waals surface area contributed by atoms with Gasteiger partial charge in [0.1, 0.15) is 5.76 Å². The molecule has 0 saturated heterocycles. The van der Waals surface area contributed by atoms with E-state index in [4.69, 9.17) is 4.42 Å². The number of rotatable bonds is 0. The Morgan fingerprint density at radius 2 is 2.00 bits per heavy atom. The molecular formula is C13H19NO. The summed E-state index contributed by atoms with van der Waals surface area (Å²) in [6.45, 7) is 5.54. The van der Waals surface area contributed by atoms with Crippen LogP contribution in [0.2, 0.25) is 0 Å². The Labute approximate surface area is 91.0 Å². The molecule has 0 bridgehead atoms. The van der Waals surface area contributed by atoms with Crippen molar-refractivity contribution >= 4 is 0 Å². The second-order valence-electron chi connectivity index (χ2n) is 5.69. The third-order valence-corrected chi connectivity index (χ3v) is 4.12. The quantitative estimate of drug-likeness (QED) is 0.704. The minimum Gasteiger partial charge on any atom is -0.468 e. The van der Waals surface area contributed by atoms with Crippen LogP contribution >= 0.6 is 0 Å². The van der Waals surface area contributed by atoms with Crippen LogP contribution in [0, 0.1) is 0 Å². The summed E-state index contributed by atoms with van der Waals surface area (Å²) >= 11 is 0. The zero-order valence-corrected chi connectivity index (χ0v) is 9.60. The van der Waals surface area contributed by atoms with Gasteiger partial charge < -0.3 is 9.73 Å². The minimum absolute atomic E-state index is 0.146. The summed E-state index contributed by atoms with van der Waals surface area (Å²) in [4.78, 5) is 0. The summed E-state index contributed by atoms with van der Waals surface area (Å²) < 4.78 is 5.72. The predicted octanol–water partition coefficient (Wildman–Crippen LogP) is 2.93. The molecule has 1 N–H and O–H groups in total. The molecular weight excluding hydrogens is 186 g/mol. The highest BCUT2D eigenvalue weighted by Crippen LogP contribution is 2.46. The smallest absolute Gasteiger partial charge is 0.115 e. The molecule has 0 amide bonds. The van der Waals surface area contributed by atoms with E-state index in [1.54, 1.807) is 0 Å². The third-order valence-electron chi connectivity index (χ3n) is 4.12. The van der Waals surface area contributed by atoms with Gasteiger partial charge in [0.05, 0.1) is 6.26 Å². The van der Waals surface area contributed by atoms with Crippen molar-refractivity contribution in [3.05, 3.63) is 23.7 Å². The SMILES string of the molecule is CC1(C)CNC2(CCCC2)c2ccoc21. The minimum atomic E-state index is 0.146. The molecule has 0 unspecified atom stereocenters. The highest BCUT2D eigenvalue weighted by atomic mass is 16.3. The fourth-order valence-electron chi connectivity index (χ4n) is 3.20. The van der Waals surface area contributed by atoms with E-state index in [1.165, 1.54) is 37.0 Å². The van der Waals surface area contributed by atoms with Crippen LogP contribution in [0.5, 0.6) is 0 Å². The topological polar surface area (TPSA) is 25.2 Å².